The molecule has 0 radical (unpaired) electrons. The number of hydrogen-bond acceptors (Lipinski definition) is 6. The Morgan fingerprint density at radius 3 is 0.744 bits per heavy atom. The molecule has 0 bridgehead atoms. The molecule has 0 aromatic carbocycles. The van der Waals surface area contributed by atoms with Crippen LogP contribution in [0.2, 0.25) is 0 Å². The van der Waals surface area contributed by atoms with Gasteiger partial charge in [-0.15, -0.1) is 0 Å². The number of esters is 3. The predicted octanol–water partition coefficient (Wildman–Crippen LogP) is 24.6. The van der Waals surface area contributed by atoms with Gasteiger partial charge in [-0.05, 0) is 89.9 Å². The lowest BCUT2D eigenvalue weighted by molar-refractivity contribution is -0.167. The Morgan fingerprint density at radius 1 is 0.256 bits per heavy atom. The van der Waals surface area contributed by atoms with E-state index in [1.54, 1.807) is 0 Å². The van der Waals surface area contributed by atoms with Gasteiger partial charge in [-0.3, -0.25) is 14.4 Å². The van der Waals surface area contributed by atoms with Crippen molar-refractivity contribution in [1.29, 1.82) is 0 Å². The molecule has 6 heteroatoms. The van der Waals surface area contributed by atoms with Gasteiger partial charge in [-0.1, -0.05) is 337 Å². The minimum absolute atomic E-state index is 0.0758. The molecule has 0 heterocycles. The summed E-state index contributed by atoms with van der Waals surface area (Å²) in [5, 5.41) is 0. The molecule has 1 unspecified atom stereocenters. The monoisotopic (exact) mass is 1140 g/mol. The van der Waals surface area contributed by atoms with E-state index in [1.165, 1.54) is 212 Å². The molecule has 6 nitrogen and oxygen atoms in total. The summed E-state index contributed by atoms with van der Waals surface area (Å²) in [6.07, 6.45) is 93.2. The van der Waals surface area contributed by atoms with Crippen molar-refractivity contribution in [2.24, 2.45) is 0 Å². The van der Waals surface area contributed by atoms with Crippen LogP contribution < -0.4 is 0 Å². The molecule has 0 spiro atoms. The second kappa shape index (κ2) is 70.1. The minimum Gasteiger partial charge on any atom is -0.462 e. The molecular weight excluding hydrogens is 1010 g/mol. The van der Waals surface area contributed by atoms with Crippen molar-refractivity contribution in [2.45, 2.75) is 367 Å². The number of rotatable bonds is 65. The summed E-state index contributed by atoms with van der Waals surface area (Å²) >= 11 is 0. The Balaban J connectivity index is 4.30. The molecule has 0 fully saturated rings. The molecule has 1 atom stereocenters. The van der Waals surface area contributed by atoms with Crippen LogP contribution in [0.15, 0.2) is 85.1 Å². The first kappa shape index (κ1) is 78.6. The Labute approximate surface area is 509 Å². The van der Waals surface area contributed by atoms with Crippen LogP contribution in [-0.2, 0) is 28.6 Å². The minimum atomic E-state index is -0.781. The van der Waals surface area contributed by atoms with Gasteiger partial charge in [0.2, 0.25) is 0 Å². The lowest BCUT2D eigenvalue weighted by Crippen LogP contribution is -2.30. The zero-order chi connectivity index (χ0) is 59.2. The highest BCUT2D eigenvalue weighted by Gasteiger charge is 2.19. The molecule has 0 aliphatic heterocycles. The lowest BCUT2D eigenvalue weighted by atomic mass is 10.0. The normalized spacial score (nSPS) is 12.6. The number of carbonyl (C=O) groups is 3. The molecule has 0 aromatic rings. The third-order valence-electron chi connectivity index (χ3n) is 15.6. The zero-order valence-electron chi connectivity index (χ0n) is 54.5. The lowest BCUT2D eigenvalue weighted by Gasteiger charge is -2.18. The maximum Gasteiger partial charge on any atom is 0.306 e. The van der Waals surface area contributed by atoms with Crippen LogP contribution in [0, 0.1) is 0 Å². The van der Waals surface area contributed by atoms with Gasteiger partial charge in [0.1, 0.15) is 13.2 Å². The maximum absolute atomic E-state index is 13.0. The fourth-order valence-corrected chi connectivity index (χ4v) is 10.4. The van der Waals surface area contributed by atoms with Crippen LogP contribution in [0.3, 0.4) is 0 Å². The summed E-state index contributed by atoms with van der Waals surface area (Å²) in [6, 6.07) is 0. The smallest absolute Gasteiger partial charge is 0.306 e. The first-order chi connectivity index (χ1) is 40.5. The molecule has 0 aliphatic carbocycles. The van der Waals surface area contributed by atoms with Gasteiger partial charge >= 0.3 is 17.9 Å². The van der Waals surface area contributed by atoms with Crippen molar-refractivity contribution in [3.05, 3.63) is 85.1 Å². The van der Waals surface area contributed by atoms with Crippen molar-refractivity contribution in [3.63, 3.8) is 0 Å². The second-order valence-electron chi connectivity index (χ2n) is 23.7. The van der Waals surface area contributed by atoms with Gasteiger partial charge in [0.05, 0.1) is 0 Å². The van der Waals surface area contributed by atoms with E-state index >= 15 is 0 Å². The van der Waals surface area contributed by atoms with Gasteiger partial charge < -0.3 is 14.2 Å². The average molecular weight is 1140 g/mol. The summed E-state index contributed by atoms with van der Waals surface area (Å²) in [6.45, 7) is 6.47. The maximum atomic E-state index is 13.0. The SMILES string of the molecule is CC/C=C\C/C=C\C/C=C\C/C=C\CCCCCCCCCCCCCCCCC(=O)OCC(COC(=O)CCCCCCCCC/C=C\C/C=C\C/C=C\CC)OC(=O)CCCCCCCCCCCCCCCCCCCCCC. The van der Waals surface area contributed by atoms with Crippen molar-refractivity contribution in [1.82, 2.24) is 0 Å². The van der Waals surface area contributed by atoms with Crippen LogP contribution in [0.4, 0.5) is 0 Å². The third-order valence-corrected chi connectivity index (χ3v) is 15.6. The Morgan fingerprint density at radius 2 is 0.476 bits per heavy atom. The number of ether oxygens (including phenoxy) is 3. The van der Waals surface area contributed by atoms with Gasteiger partial charge in [-0.25, -0.2) is 0 Å². The van der Waals surface area contributed by atoms with Crippen molar-refractivity contribution >= 4 is 17.9 Å². The van der Waals surface area contributed by atoms with Crippen LogP contribution in [0.5, 0.6) is 0 Å². The van der Waals surface area contributed by atoms with Crippen LogP contribution in [0.25, 0.3) is 0 Å². The van der Waals surface area contributed by atoms with E-state index in [1.807, 2.05) is 0 Å². The predicted molar refractivity (Wildman–Crippen MR) is 358 cm³/mol. The topological polar surface area (TPSA) is 78.9 Å². The molecule has 0 amide bonds. The quantitative estimate of drug-likeness (QED) is 0.0261. The van der Waals surface area contributed by atoms with Crippen LogP contribution in [-0.4, -0.2) is 37.2 Å². The van der Waals surface area contributed by atoms with Crippen molar-refractivity contribution in [3.8, 4) is 0 Å². The van der Waals surface area contributed by atoms with E-state index in [0.717, 1.165) is 109 Å². The van der Waals surface area contributed by atoms with Crippen molar-refractivity contribution < 1.29 is 28.6 Å². The van der Waals surface area contributed by atoms with Crippen molar-refractivity contribution in [2.75, 3.05) is 13.2 Å². The number of carbonyl (C=O) groups excluding carboxylic acids is 3. The van der Waals surface area contributed by atoms with Crippen LogP contribution >= 0.6 is 0 Å². The standard InChI is InChI=1S/C76H134O6/c1-4-7-10-13-16-19-22-25-28-31-33-35-36-37-38-39-40-41-43-45-48-51-54-57-60-63-66-69-75(78)81-72-73(71-80-74(77)68-65-62-59-56-53-50-47-44-30-27-24-21-18-15-12-9-6-3)82-76(79)70-67-64-61-58-55-52-49-46-42-34-32-29-26-23-20-17-14-11-8-5-2/h7,9-10,12,16,18-19,21,25,27-28,30,33,35,73H,4-6,8,11,13-15,17,20,22-24,26,29,31-32,34,36-72H2,1-3H3/b10-7-,12-9-,19-16-,21-18-,28-25-,30-27-,35-33-. The highest BCUT2D eigenvalue weighted by Crippen LogP contribution is 2.18. The highest BCUT2D eigenvalue weighted by molar-refractivity contribution is 5.71. The van der Waals surface area contributed by atoms with E-state index in [-0.39, 0.29) is 31.1 Å². The summed E-state index contributed by atoms with van der Waals surface area (Å²) in [5.74, 6) is -0.864. The van der Waals surface area contributed by atoms with E-state index in [2.05, 4.69) is 106 Å². The summed E-state index contributed by atoms with van der Waals surface area (Å²) in [4.78, 5) is 38.5. The summed E-state index contributed by atoms with van der Waals surface area (Å²) in [5.41, 5.74) is 0. The summed E-state index contributed by atoms with van der Waals surface area (Å²) in [7, 11) is 0. The van der Waals surface area contributed by atoms with E-state index < -0.39 is 6.10 Å². The number of hydrogen-bond donors (Lipinski definition) is 0. The Hall–Kier alpha value is -3.41. The summed E-state index contributed by atoms with van der Waals surface area (Å²) < 4.78 is 17.0. The molecule has 0 saturated carbocycles. The third kappa shape index (κ3) is 67.4. The molecular formula is C76H134O6. The van der Waals surface area contributed by atoms with E-state index in [4.69, 9.17) is 14.2 Å². The Kier molecular flexibility index (Phi) is 67.2. The van der Waals surface area contributed by atoms with E-state index in [9.17, 15) is 14.4 Å². The van der Waals surface area contributed by atoms with Crippen LogP contribution in [0.1, 0.15) is 361 Å². The first-order valence-electron chi connectivity index (χ1n) is 35.6. The second-order valence-corrected chi connectivity index (χ2v) is 23.7. The Bertz CT molecular complexity index is 1550. The highest BCUT2D eigenvalue weighted by atomic mass is 16.6. The van der Waals surface area contributed by atoms with Gasteiger partial charge in [0.25, 0.3) is 0 Å². The zero-order valence-corrected chi connectivity index (χ0v) is 54.5. The number of allylic oxidation sites excluding steroid dienone is 14. The largest absolute Gasteiger partial charge is 0.462 e. The first-order valence-corrected chi connectivity index (χ1v) is 35.6. The molecule has 0 aromatic heterocycles. The van der Waals surface area contributed by atoms with Gasteiger partial charge in [0.15, 0.2) is 6.10 Å². The fourth-order valence-electron chi connectivity index (χ4n) is 10.4. The molecule has 474 valence electrons. The molecule has 0 aliphatic rings. The molecule has 0 saturated heterocycles. The average Bonchev–Trinajstić information content (AvgIpc) is 3.47. The number of unbranched alkanes of at least 4 members (excludes halogenated alkanes) is 40. The van der Waals surface area contributed by atoms with Gasteiger partial charge in [-0.2, -0.15) is 0 Å². The molecule has 0 N–H and O–H groups in total. The fraction of sp³-hybridized carbons (Fsp3) is 0.776. The molecule has 82 heavy (non-hydrogen) atoms. The molecule has 0 rings (SSSR count). The van der Waals surface area contributed by atoms with Gasteiger partial charge in [0, 0.05) is 19.3 Å². The van der Waals surface area contributed by atoms with E-state index in [0.29, 0.717) is 19.3 Å².